The van der Waals surface area contributed by atoms with Crippen LogP contribution in [0.1, 0.15) is 6.92 Å². The van der Waals surface area contributed by atoms with E-state index in [-0.39, 0.29) is 0 Å². The fraction of sp³-hybridized carbons (Fsp3) is 1.00. The molecule has 1 nitrogen and oxygen atoms in total. The average Bonchev–Trinajstić information content (AvgIpc) is 1.95. The Morgan fingerprint density at radius 1 is 1.07 bits per heavy atom. The largest absolute Gasteiger partial charge is 0.401 e. The second-order valence-electron chi connectivity index (χ2n) is 2.73. The predicted octanol–water partition coefficient (Wildman–Crippen LogP) is 2.63. The van der Waals surface area contributed by atoms with E-state index in [0.717, 1.165) is 5.32 Å². The normalized spacial score (nSPS) is 18.0. The number of hydrogen-bond donors (Lipinski definition) is 1. The van der Waals surface area contributed by atoms with Gasteiger partial charge in [0.15, 0.2) is 6.30 Å². The molecule has 0 aliphatic carbocycles. The van der Waals surface area contributed by atoms with Gasteiger partial charge in [0.1, 0.15) is 0 Å². The highest BCUT2D eigenvalue weighted by Gasteiger charge is 2.42. The Morgan fingerprint density at radius 2 is 1.50 bits per heavy atom. The molecule has 0 saturated carbocycles. The molecule has 0 fully saturated rings. The van der Waals surface area contributed by atoms with Crippen molar-refractivity contribution in [1.82, 2.24) is 5.32 Å². The van der Waals surface area contributed by atoms with Gasteiger partial charge in [0.25, 0.3) is 0 Å². The zero-order valence-corrected chi connectivity index (χ0v) is 7.01. The van der Waals surface area contributed by atoms with Gasteiger partial charge < -0.3 is 0 Å². The van der Waals surface area contributed by atoms with Crippen LogP contribution in [-0.4, -0.2) is 25.2 Å². The summed E-state index contributed by atoms with van der Waals surface area (Å²) < 4.78 is 82.2. The Hall–Kier alpha value is -0.530. The lowest BCUT2D eigenvalue weighted by atomic mass is 10.1. The Bertz CT molecular complexity index is 172. The SMILES string of the molecule is CC([C@H](F)NCC(F)(F)F)C(F)(F)F. The molecule has 0 saturated heterocycles. The van der Waals surface area contributed by atoms with Crippen LogP contribution in [0, 0.1) is 5.92 Å². The Labute approximate surface area is 75.3 Å². The molecule has 0 aromatic heterocycles. The molecule has 8 heteroatoms. The van der Waals surface area contributed by atoms with E-state index in [1.807, 2.05) is 0 Å². The van der Waals surface area contributed by atoms with E-state index in [9.17, 15) is 30.7 Å². The van der Waals surface area contributed by atoms with Crippen molar-refractivity contribution in [3.8, 4) is 0 Å². The first-order valence-electron chi connectivity index (χ1n) is 3.55. The maximum Gasteiger partial charge on any atom is 0.401 e. The van der Waals surface area contributed by atoms with Gasteiger partial charge in [-0.25, -0.2) is 4.39 Å². The van der Waals surface area contributed by atoms with Crippen LogP contribution >= 0.6 is 0 Å². The Balaban J connectivity index is 4.03. The lowest BCUT2D eigenvalue weighted by Crippen LogP contribution is -2.42. The third-order valence-corrected chi connectivity index (χ3v) is 1.45. The van der Waals surface area contributed by atoms with E-state index >= 15 is 0 Å². The van der Waals surface area contributed by atoms with E-state index in [2.05, 4.69) is 0 Å². The van der Waals surface area contributed by atoms with Crippen LogP contribution in [0.2, 0.25) is 0 Å². The van der Waals surface area contributed by atoms with Gasteiger partial charge in [0.2, 0.25) is 0 Å². The quantitative estimate of drug-likeness (QED) is 0.577. The first-order chi connectivity index (χ1) is 6.04. The van der Waals surface area contributed by atoms with Crippen molar-refractivity contribution in [2.75, 3.05) is 6.54 Å². The molecular formula is C6H8F7N. The molecule has 0 spiro atoms. The first-order valence-corrected chi connectivity index (χ1v) is 3.55. The molecule has 2 atom stereocenters. The minimum atomic E-state index is -4.85. The molecule has 0 aromatic carbocycles. The van der Waals surface area contributed by atoms with Crippen LogP contribution < -0.4 is 5.32 Å². The van der Waals surface area contributed by atoms with Gasteiger partial charge in [-0.3, -0.25) is 5.32 Å². The third kappa shape index (κ3) is 5.25. The van der Waals surface area contributed by atoms with Gasteiger partial charge in [-0.1, -0.05) is 0 Å². The van der Waals surface area contributed by atoms with Crippen LogP contribution in [0.3, 0.4) is 0 Å². The van der Waals surface area contributed by atoms with Crippen molar-refractivity contribution in [2.24, 2.45) is 5.92 Å². The second-order valence-corrected chi connectivity index (χ2v) is 2.73. The fourth-order valence-corrected chi connectivity index (χ4v) is 0.556. The van der Waals surface area contributed by atoms with Crippen molar-refractivity contribution in [1.29, 1.82) is 0 Å². The third-order valence-electron chi connectivity index (χ3n) is 1.45. The molecule has 0 bridgehead atoms. The van der Waals surface area contributed by atoms with Gasteiger partial charge in [0, 0.05) is 0 Å². The van der Waals surface area contributed by atoms with Gasteiger partial charge >= 0.3 is 12.4 Å². The molecule has 0 amide bonds. The standard InChI is InChI=1S/C6H8F7N/c1-3(6(11,12)13)4(7)14-2-5(8,9)10/h3-4,14H,2H2,1H3/t3?,4-/m1/s1. The van der Waals surface area contributed by atoms with Crippen LogP contribution in [0.5, 0.6) is 0 Å². The summed E-state index contributed by atoms with van der Waals surface area (Å²) in [7, 11) is 0. The summed E-state index contributed by atoms with van der Waals surface area (Å²) in [4.78, 5) is 0. The van der Waals surface area contributed by atoms with Gasteiger partial charge in [0.05, 0.1) is 12.5 Å². The van der Waals surface area contributed by atoms with Crippen molar-refractivity contribution in [3.63, 3.8) is 0 Å². The second kappa shape index (κ2) is 4.33. The number of nitrogens with one attached hydrogen (secondary N) is 1. The molecule has 1 unspecified atom stereocenters. The van der Waals surface area contributed by atoms with Crippen molar-refractivity contribution in [3.05, 3.63) is 0 Å². The molecule has 14 heavy (non-hydrogen) atoms. The summed E-state index contributed by atoms with van der Waals surface area (Å²) >= 11 is 0. The fourth-order valence-electron chi connectivity index (χ4n) is 0.556. The minimum Gasteiger partial charge on any atom is -0.279 e. The van der Waals surface area contributed by atoms with Crippen molar-refractivity contribution in [2.45, 2.75) is 25.6 Å². The average molecular weight is 227 g/mol. The van der Waals surface area contributed by atoms with Crippen LogP contribution in [0.4, 0.5) is 30.7 Å². The van der Waals surface area contributed by atoms with E-state index < -0.39 is 31.1 Å². The van der Waals surface area contributed by atoms with E-state index in [4.69, 9.17) is 0 Å². The number of hydrogen-bond acceptors (Lipinski definition) is 1. The highest BCUT2D eigenvalue weighted by atomic mass is 19.4. The van der Waals surface area contributed by atoms with E-state index in [1.54, 1.807) is 0 Å². The number of rotatable bonds is 3. The molecule has 1 N–H and O–H groups in total. The summed E-state index contributed by atoms with van der Waals surface area (Å²) in [6, 6.07) is 0. The predicted molar refractivity (Wildman–Crippen MR) is 34.2 cm³/mol. The highest BCUT2D eigenvalue weighted by molar-refractivity contribution is 4.71. The molecular weight excluding hydrogens is 219 g/mol. The van der Waals surface area contributed by atoms with E-state index in [0.29, 0.717) is 6.92 Å². The van der Waals surface area contributed by atoms with Crippen molar-refractivity contribution >= 4 is 0 Å². The van der Waals surface area contributed by atoms with Crippen LogP contribution in [0.25, 0.3) is 0 Å². The van der Waals surface area contributed by atoms with Gasteiger partial charge in [-0.15, -0.1) is 0 Å². The summed E-state index contributed by atoms with van der Waals surface area (Å²) in [5, 5.41) is 1.12. The zero-order chi connectivity index (χ0) is 11.6. The first kappa shape index (κ1) is 13.5. The van der Waals surface area contributed by atoms with E-state index in [1.165, 1.54) is 0 Å². The summed E-state index contributed by atoms with van der Waals surface area (Å²) in [5.74, 6) is -2.47. The lowest BCUT2D eigenvalue weighted by molar-refractivity contribution is -0.193. The highest BCUT2D eigenvalue weighted by Crippen LogP contribution is 2.29. The van der Waals surface area contributed by atoms with Gasteiger partial charge in [-0.2, -0.15) is 26.3 Å². The summed E-state index contributed by atoms with van der Waals surface area (Å²) in [5.41, 5.74) is 0. The minimum absolute atomic E-state index is 0.466. The Kier molecular flexibility index (Phi) is 4.16. The van der Waals surface area contributed by atoms with Crippen LogP contribution in [0.15, 0.2) is 0 Å². The smallest absolute Gasteiger partial charge is 0.279 e. The van der Waals surface area contributed by atoms with Gasteiger partial charge in [-0.05, 0) is 6.92 Å². The molecule has 0 rings (SSSR count). The molecule has 0 aliphatic rings. The summed E-state index contributed by atoms with van der Waals surface area (Å²) in [6.45, 7) is -1.32. The maximum atomic E-state index is 12.5. The molecule has 0 aliphatic heterocycles. The summed E-state index contributed by atoms with van der Waals surface area (Å²) in [6.07, 6.45) is -12.3. The lowest BCUT2D eigenvalue weighted by Gasteiger charge is -2.21. The monoisotopic (exact) mass is 227 g/mol. The van der Waals surface area contributed by atoms with Crippen molar-refractivity contribution < 1.29 is 30.7 Å². The molecule has 0 radical (unpaired) electrons. The Morgan fingerprint density at radius 3 is 1.79 bits per heavy atom. The topological polar surface area (TPSA) is 12.0 Å². The zero-order valence-electron chi connectivity index (χ0n) is 7.01. The molecule has 0 aromatic rings. The maximum absolute atomic E-state index is 12.5. The van der Waals surface area contributed by atoms with Crippen LogP contribution in [-0.2, 0) is 0 Å². The number of alkyl halides is 7. The number of halogens is 7. The molecule has 86 valence electrons. The molecule has 0 heterocycles.